The van der Waals surface area contributed by atoms with E-state index in [4.69, 9.17) is 0 Å². The van der Waals surface area contributed by atoms with Gasteiger partial charge in [-0.25, -0.2) is 9.97 Å². The Morgan fingerprint density at radius 2 is 1.81 bits per heavy atom. The number of para-hydroxylation sites is 1. The molecule has 1 aromatic heterocycles. The molecule has 78 valence electrons. The molecule has 2 aromatic carbocycles. The van der Waals surface area contributed by atoms with Crippen LogP contribution in [-0.4, -0.2) is 15.1 Å². The molecular weight excluding hydrogens is 200 g/mol. The minimum Gasteiger partial charge on any atom is -0.506 e. The van der Waals surface area contributed by atoms with Crippen LogP contribution in [0.15, 0.2) is 36.4 Å². The SMILES string of the molecule is Cc1ccc2nc3c(O)cccc3nc2c1. The average molecular weight is 210 g/mol. The van der Waals surface area contributed by atoms with Crippen molar-refractivity contribution in [2.24, 2.45) is 0 Å². The molecule has 3 heteroatoms. The van der Waals surface area contributed by atoms with Crippen molar-refractivity contribution in [3.8, 4) is 5.75 Å². The number of aromatic nitrogens is 2. The number of rotatable bonds is 0. The van der Waals surface area contributed by atoms with Gasteiger partial charge < -0.3 is 5.11 Å². The Bertz CT molecular complexity index is 691. The third kappa shape index (κ3) is 1.29. The first-order chi connectivity index (χ1) is 7.74. The number of nitrogens with zero attached hydrogens (tertiary/aromatic N) is 2. The number of aromatic hydroxyl groups is 1. The number of phenols is 1. The molecule has 0 fully saturated rings. The summed E-state index contributed by atoms with van der Waals surface area (Å²) in [5, 5.41) is 9.68. The smallest absolute Gasteiger partial charge is 0.143 e. The number of fused-ring (bicyclic) bond motifs is 2. The summed E-state index contributed by atoms with van der Waals surface area (Å²) in [6, 6.07) is 11.1. The Balaban J connectivity index is 2.49. The van der Waals surface area contributed by atoms with Gasteiger partial charge in [-0.05, 0) is 36.8 Å². The summed E-state index contributed by atoms with van der Waals surface area (Å²) >= 11 is 0. The fraction of sp³-hybridized carbons (Fsp3) is 0.0769. The Morgan fingerprint density at radius 3 is 2.69 bits per heavy atom. The van der Waals surface area contributed by atoms with Crippen molar-refractivity contribution in [2.75, 3.05) is 0 Å². The third-order valence-electron chi connectivity index (χ3n) is 2.60. The number of hydrogen-bond acceptors (Lipinski definition) is 3. The summed E-state index contributed by atoms with van der Waals surface area (Å²) < 4.78 is 0. The van der Waals surface area contributed by atoms with E-state index < -0.39 is 0 Å². The number of benzene rings is 2. The Morgan fingerprint density at radius 1 is 0.938 bits per heavy atom. The molecule has 0 spiro atoms. The van der Waals surface area contributed by atoms with E-state index in [1.165, 1.54) is 0 Å². The van der Waals surface area contributed by atoms with Crippen molar-refractivity contribution in [3.63, 3.8) is 0 Å². The topological polar surface area (TPSA) is 46.0 Å². The van der Waals surface area contributed by atoms with E-state index in [-0.39, 0.29) is 5.75 Å². The van der Waals surface area contributed by atoms with Crippen LogP contribution in [0.2, 0.25) is 0 Å². The van der Waals surface area contributed by atoms with Crippen LogP contribution < -0.4 is 0 Å². The molecule has 0 saturated carbocycles. The van der Waals surface area contributed by atoms with Crippen molar-refractivity contribution >= 4 is 22.1 Å². The lowest BCUT2D eigenvalue weighted by Gasteiger charge is -2.02. The second-order valence-electron chi connectivity index (χ2n) is 3.86. The zero-order chi connectivity index (χ0) is 11.1. The predicted molar refractivity (Wildman–Crippen MR) is 63.4 cm³/mol. The van der Waals surface area contributed by atoms with Gasteiger partial charge in [-0.3, -0.25) is 0 Å². The van der Waals surface area contributed by atoms with Crippen LogP contribution in [0.1, 0.15) is 5.56 Å². The highest BCUT2D eigenvalue weighted by Crippen LogP contribution is 2.23. The minimum atomic E-state index is 0.174. The first-order valence-electron chi connectivity index (χ1n) is 5.10. The van der Waals surface area contributed by atoms with Gasteiger partial charge in [-0.15, -0.1) is 0 Å². The molecule has 0 aliphatic carbocycles. The monoisotopic (exact) mass is 210 g/mol. The lowest BCUT2D eigenvalue weighted by atomic mass is 10.2. The van der Waals surface area contributed by atoms with Crippen LogP contribution in [0.4, 0.5) is 0 Å². The zero-order valence-corrected chi connectivity index (χ0v) is 8.81. The van der Waals surface area contributed by atoms with E-state index in [1.54, 1.807) is 12.1 Å². The van der Waals surface area contributed by atoms with E-state index in [0.717, 1.165) is 22.1 Å². The highest BCUT2D eigenvalue weighted by atomic mass is 16.3. The molecule has 1 heterocycles. The van der Waals surface area contributed by atoms with Crippen molar-refractivity contribution in [1.82, 2.24) is 9.97 Å². The lowest BCUT2D eigenvalue weighted by Crippen LogP contribution is -1.88. The average Bonchev–Trinajstić information content (AvgIpc) is 2.27. The first kappa shape index (κ1) is 9.09. The molecule has 0 saturated heterocycles. The van der Waals surface area contributed by atoms with Crippen molar-refractivity contribution < 1.29 is 5.11 Å². The minimum absolute atomic E-state index is 0.174. The lowest BCUT2D eigenvalue weighted by molar-refractivity contribution is 0.480. The number of aryl methyl sites for hydroxylation is 1. The van der Waals surface area contributed by atoms with Gasteiger partial charge in [0, 0.05) is 0 Å². The van der Waals surface area contributed by atoms with Crippen molar-refractivity contribution in [1.29, 1.82) is 0 Å². The highest BCUT2D eigenvalue weighted by molar-refractivity contribution is 5.89. The maximum absolute atomic E-state index is 9.68. The zero-order valence-electron chi connectivity index (χ0n) is 8.81. The Kier molecular flexibility index (Phi) is 1.80. The summed E-state index contributed by atoms with van der Waals surface area (Å²) in [7, 11) is 0. The first-order valence-corrected chi connectivity index (χ1v) is 5.10. The fourth-order valence-corrected chi connectivity index (χ4v) is 1.79. The summed E-state index contributed by atoms with van der Waals surface area (Å²) in [5.41, 5.74) is 4.09. The normalized spacial score (nSPS) is 11.1. The molecular formula is C13H10N2O. The molecule has 0 aliphatic rings. The predicted octanol–water partition coefficient (Wildman–Crippen LogP) is 2.80. The van der Waals surface area contributed by atoms with Crippen molar-refractivity contribution in [2.45, 2.75) is 6.92 Å². The standard InChI is InChI=1S/C13H10N2O/c1-8-5-6-9-11(7-8)14-10-3-2-4-12(16)13(10)15-9/h2-7,16H,1H3. The van der Waals surface area contributed by atoms with E-state index in [0.29, 0.717) is 5.52 Å². The second-order valence-corrected chi connectivity index (χ2v) is 3.86. The van der Waals surface area contributed by atoms with Gasteiger partial charge in [0.25, 0.3) is 0 Å². The maximum atomic E-state index is 9.68. The molecule has 0 radical (unpaired) electrons. The van der Waals surface area contributed by atoms with E-state index >= 15 is 0 Å². The van der Waals surface area contributed by atoms with Gasteiger partial charge in [-0.1, -0.05) is 12.1 Å². The van der Waals surface area contributed by atoms with Crippen molar-refractivity contribution in [3.05, 3.63) is 42.0 Å². The van der Waals surface area contributed by atoms with E-state index in [9.17, 15) is 5.11 Å². The summed E-state index contributed by atoms with van der Waals surface area (Å²) in [6.07, 6.45) is 0. The van der Waals surface area contributed by atoms with Crippen LogP contribution in [-0.2, 0) is 0 Å². The molecule has 0 aliphatic heterocycles. The third-order valence-corrected chi connectivity index (χ3v) is 2.60. The molecule has 3 rings (SSSR count). The van der Waals surface area contributed by atoms with Gasteiger partial charge in [0.15, 0.2) is 0 Å². The van der Waals surface area contributed by atoms with Gasteiger partial charge >= 0.3 is 0 Å². The molecule has 1 N–H and O–H groups in total. The van der Waals surface area contributed by atoms with Gasteiger partial charge in [0.2, 0.25) is 0 Å². The molecule has 3 aromatic rings. The largest absolute Gasteiger partial charge is 0.506 e. The molecule has 0 atom stereocenters. The number of hydrogen-bond donors (Lipinski definition) is 1. The Labute approximate surface area is 92.4 Å². The molecule has 0 unspecified atom stereocenters. The molecule has 3 nitrogen and oxygen atoms in total. The van der Waals surface area contributed by atoms with Crippen LogP contribution in [0.3, 0.4) is 0 Å². The van der Waals surface area contributed by atoms with E-state index in [1.807, 2.05) is 31.2 Å². The van der Waals surface area contributed by atoms with Gasteiger partial charge in [-0.2, -0.15) is 0 Å². The molecule has 16 heavy (non-hydrogen) atoms. The summed E-state index contributed by atoms with van der Waals surface area (Å²) in [4.78, 5) is 8.88. The van der Waals surface area contributed by atoms with Gasteiger partial charge in [0.1, 0.15) is 11.3 Å². The van der Waals surface area contributed by atoms with Crippen LogP contribution in [0.25, 0.3) is 22.1 Å². The van der Waals surface area contributed by atoms with E-state index in [2.05, 4.69) is 9.97 Å². The quantitative estimate of drug-likeness (QED) is 0.580. The van der Waals surface area contributed by atoms with Gasteiger partial charge in [0.05, 0.1) is 16.6 Å². The maximum Gasteiger partial charge on any atom is 0.143 e. The summed E-state index contributed by atoms with van der Waals surface area (Å²) in [6.45, 7) is 2.02. The molecule has 0 amide bonds. The molecule has 0 bridgehead atoms. The fourth-order valence-electron chi connectivity index (χ4n) is 1.79. The Hall–Kier alpha value is -2.16. The highest BCUT2D eigenvalue weighted by Gasteiger charge is 2.04. The summed E-state index contributed by atoms with van der Waals surface area (Å²) in [5.74, 6) is 0.174. The van der Waals surface area contributed by atoms with Crippen LogP contribution in [0.5, 0.6) is 5.75 Å². The van der Waals surface area contributed by atoms with Crippen LogP contribution in [0, 0.1) is 6.92 Å². The number of phenolic OH excluding ortho intramolecular Hbond substituents is 1. The van der Waals surface area contributed by atoms with Crippen LogP contribution >= 0.6 is 0 Å². The second kappa shape index (κ2) is 3.17.